The van der Waals surface area contributed by atoms with Gasteiger partial charge in [-0.1, -0.05) is 18.2 Å². The predicted molar refractivity (Wildman–Crippen MR) is 114 cm³/mol. The van der Waals surface area contributed by atoms with Crippen molar-refractivity contribution in [3.8, 4) is 0 Å². The number of likely N-dealkylation sites (N-methyl/N-ethyl adjacent to an activating group) is 1. The molecule has 2 aliphatic rings. The number of esters is 1. The Balaban J connectivity index is 1.38. The lowest BCUT2D eigenvalue weighted by Crippen LogP contribution is -2.35. The number of benzene rings is 2. The molecule has 0 fully saturated rings. The normalized spacial score (nSPS) is 16.2. The third-order valence-electron chi connectivity index (χ3n) is 4.83. The summed E-state index contributed by atoms with van der Waals surface area (Å²) >= 11 is 1.16. The molecule has 11 heteroatoms. The topological polar surface area (TPSA) is 96.3 Å². The van der Waals surface area contributed by atoms with Crippen molar-refractivity contribution >= 4 is 44.5 Å². The molecule has 8 nitrogen and oxygen atoms in total. The maximum absolute atomic E-state index is 13.7. The molecule has 4 rings (SSSR count). The van der Waals surface area contributed by atoms with Crippen molar-refractivity contribution in [3.63, 3.8) is 0 Å². The SMILES string of the molecule is CN(Cc1ccccc1F)C(=O)COC(=O)c1ccc2c(c1)SC1=NS(=O)(=O)CCN12. The molecule has 2 aliphatic heterocycles. The molecule has 0 bridgehead atoms. The summed E-state index contributed by atoms with van der Waals surface area (Å²) in [5, 5.41) is 0.358. The van der Waals surface area contributed by atoms with Crippen molar-refractivity contribution in [2.75, 3.05) is 30.9 Å². The van der Waals surface area contributed by atoms with Crippen molar-refractivity contribution in [1.82, 2.24) is 4.90 Å². The van der Waals surface area contributed by atoms with E-state index in [0.717, 1.165) is 17.4 Å². The Hall–Kier alpha value is -2.92. The summed E-state index contributed by atoms with van der Waals surface area (Å²) in [6, 6.07) is 11.0. The van der Waals surface area contributed by atoms with Gasteiger partial charge in [0.1, 0.15) is 5.82 Å². The van der Waals surface area contributed by atoms with Gasteiger partial charge in [0.05, 0.1) is 17.0 Å². The van der Waals surface area contributed by atoms with Gasteiger partial charge in [-0.05, 0) is 36.0 Å². The molecule has 0 aromatic heterocycles. The number of carbonyl (C=O) groups is 2. The van der Waals surface area contributed by atoms with Crippen LogP contribution in [0.3, 0.4) is 0 Å². The minimum Gasteiger partial charge on any atom is -0.452 e. The van der Waals surface area contributed by atoms with Gasteiger partial charge in [0.25, 0.3) is 15.9 Å². The van der Waals surface area contributed by atoms with Crippen LogP contribution in [0, 0.1) is 5.82 Å². The Morgan fingerprint density at radius 3 is 2.81 bits per heavy atom. The number of fused-ring (bicyclic) bond motifs is 3. The van der Waals surface area contributed by atoms with Gasteiger partial charge in [-0.2, -0.15) is 0 Å². The molecule has 31 heavy (non-hydrogen) atoms. The molecule has 0 saturated carbocycles. The van der Waals surface area contributed by atoms with Gasteiger partial charge in [0, 0.05) is 30.6 Å². The van der Waals surface area contributed by atoms with Crippen LogP contribution in [0.2, 0.25) is 0 Å². The van der Waals surface area contributed by atoms with Gasteiger partial charge in [-0.3, -0.25) is 4.79 Å². The van der Waals surface area contributed by atoms with E-state index in [2.05, 4.69) is 4.40 Å². The number of amides is 1. The van der Waals surface area contributed by atoms with Crippen LogP contribution < -0.4 is 4.90 Å². The first-order chi connectivity index (χ1) is 14.7. The van der Waals surface area contributed by atoms with Crippen LogP contribution in [0.25, 0.3) is 0 Å². The number of nitrogens with zero attached hydrogens (tertiary/aromatic N) is 3. The molecule has 0 unspecified atom stereocenters. The molecule has 2 aromatic rings. The molecule has 2 aromatic carbocycles. The Kier molecular flexibility index (Phi) is 5.71. The molecule has 2 heterocycles. The minimum atomic E-state index is -3.46. The van der Waals surface area contributed by atoms with Crippen molar-refractivity contribution in [1.29, 1.82) is 0 Å². The van der Waals surface area contributed by atoms with E-state index in [0.29, 0.717) is 22.2 Å². The Morgan fingerprint density at radius 1 is 1.26 bits per heavy atom. The average Bonchev–Trinajstić information content (AvgIpc) is 3.08. The summed E-state index contributed by atoms with van der Waals surface area (Å²) in [6.45, 7) is -0.127. The number of hydrogen-bond acceptors (Lipinski definition) is 7. The van der Waals surface area contributed by atoms with Crippen LogP contribution in [0.15, 0.2) is 51.8 Å². The minimum absolute atomic E-state index is 0.0550. The largest absolute Gasteiger partial charge is 0.452 e. The number of hydrogen-bond donors (Lipinski definition) is 0. The molecule has 162 valence electrons. The van der Waals surface area contributed by atoms with Gasteiger partial charge in [0.2, 0.25) is 0 Å². The highest BCUT2D eigenvalue weighted by Crippen LogP contribution is 2.42. The molecule has 0 saturated heterocycles. The zero-order chi connectivity index (χ0) is 22.2. The van der Waals surface area contributed by atoms with Crippen molar-refractivity contribution in [3.05, 3.63) is 59.4 Å². The van der Waals surface area contributed by atoms with Crippen LogP contribution in [0.1, 0.15) is 15.9 Å². The molecule has 0 spiro atoms. The maximum atomic E-state index is 13.7. The molecule has 1 amide bonds. The third-order valence-corrected chi connectivity index (χ3v) is 7.13. The fourth-order valence-corrected chi connectivity index (χ4v) is 5.44. The number of anilines is 1. The van der Waals surface area contributed by atoms with Gasteiger partial charge in [0.15, 0.2) is 11.8 Å². The molecule has 0 radical (unpaired) electrons. The number of sulfonamides is 1. The molecular weight excluding hydrogens is 445 g/mol. The van der Waals surface area contributed by atoms with Crippen molar-refractivity contribution in [2.24, 2.45) is 4.40 Å². The van der Waals surface area contributed by atoms with Crippen LogP contribution in [-0.4, -0.2) is 56.3 Å². The van der Waals surface area contributed by atoms with Crippen molar-refractivity contribution in [2.45, 2.75) is 11.4 Å². The lowest BCUT2D eigenvalue weighted by Gasteiger charge is -2.22. The number of halogens is 1. The van der Waals surface area contributed by atoms with E-state index < -0.39 is 34.3 Å². The van der Waals surface area contributed by atoms with Crippen LogP contribution in [0.4, 0.5) is 10.1 Å². The zero-order valence-electron chi connectivity index (χ0n) is 16.4. The van der Waals surface area contributed by atoms with E-state index in [4.69, 9.17) is 4.74 Å². The van der Waals surface area contributed by atoms with E-state index in [1.807, 2.05) is 0 Å². The van der Waals surface area contributed by atoms with Gasteiger partial charge in [-0.25, -0.2) is 17.6 Å². The summed E-state index contributed by atoms with van der Waals surface area (Å²) in [5.74, 6) is -1.63. The fourth-order valence-electron chi connectivity index (χ4n) is 3.15. The number of rotatable bonds is 5. The van der Waals surface area contributed by atoms with E-state index >= 15 is 0 Å². The van der Waals surface area contributed by atoms with E-state index in [9.17, 15) is 22.4 Å². The smallest absolute Gasteiger partial charge is 0.338 e. The second-order valence-corrected chi connectivity index (χ2v) is 9.78. The summed E-state index contributed by atoms with van der Waals surface area (Å²) in [7, 11) is -1.97. The number of thioether (sulfide) groups is 1. The molecule has 0 N–H and O–H groups in total. The highest BCUT2D eigenvalue weighted by Gasteiger charge is 2.33. The first kappa shape index (κ1) is 21.3. The standard InChI is InChI=1S/C20H18FN3O5S2/c1-23(11-14-4-2-3-5-15(14)21)18(25)12-29-19(26)13-6-7-16-17(10-13)30-20-22-31(27,28)9-8-24(16)20/h2-7,10H,8-9,11-12H2,1H3. The second-order valence-electron chi connectivity index (χ2n) is 7.01. The predicted octanol–water partition coefficient (Wildman–Crippen LogP) is 2.25. The van der Waals surface area contributed by atoms with Gasteiger partial charge in [-0.15, -0.1) is 4.40 Å². The quantitative estimate of drug-likeness (QED) is 0.628. The summed E-state index contributed by atoms with van der Waals surface area (Å²) in [4.78, 5) is 28.4. The van der Waals surface area contributed by atoms with Gasteiger partial charge < -0.3 is 14.5 Å². The zero-order valence-corrected chi connectivity index (χ0v) is 18.1. The first-order valence-corrected chi connectivity index (χ1v) is 11.7. The Morgan fingerprint density at radius 2 is 2.03 bits per heavy atom. The molecule has 0 atom stereocenters. The maximum Gasteiger partial charge on any atom is 0.338 e. The fraction of sp³-hybridized carbons (Fsp3) is 0.250. The summed E-state index contributed by atoms with van der Waals surface area (Å²) in [6.07, 6.45) is 0. The van der Waals surface area contributed by atoms with Crippen LogP contribution in [0.5, 0.6) is 0 Å². The molecular formula is C20H18FN3O5S2. The lowest BCUT2D eigenvalue weighted by molar-refractivity contribution is -0.133. The number of ether oxygens (including phenoxy) is 1. The van der Waals surface area contributed by atoms with Crippen molar-refractivity contribution < 1.29 is 27.1 Å². The average molecular weight is 464 g/mol. The number of carbonyl (C=O) groups excluding carboxylic acids is 2. The van der Waals surface area contributed by atoms with E-state index in [-0.39, 0.29) is 17.9 Å². The van der Waals surface area contributed by atoms with Crippen LogP contribution in [-0.2, 0) is 26.1 Å². The number of amidine groups is 1. The molecule has 0 aliphatic carbocycles. The van der Waals surface area contributed by atoms with E-state index in [1.54, 1.807) is 41.3 Å². The second kappa shape index (κ2) is 8.31. The lowest BCUT2D eigenvalue weighted by atomic mass is 10.2. The monoisotopic (exact) mass is 463 g/mol. The highest BCUT2D eigenvalue weighted by molar-refractivity contribution is 8.15. The Bertz CT molecular complexity index is 1200. The summed E-state index contributed by atoms with van der Waals surface area (Å²) < 4.78 is 46.0. The first-order valence-electron chi connectivity index (χ1n) is 9.30. The summed E-state index contributed by atoms with van der Waals surface area (Å²) in [5.41, 5.74) is 1.37. The van der Waals surface area contributed by atoms with E-state index in [1.165, 1.54) is 18.0 Å². The Labute approximate surface area is 182 Å². The highest BCUT2D eigenvalue weighted by atomic mass is 32.2. The third kappa shape index (κ3) is 4.57. The van der Waals surface area contributed by atoms with Crippen LogP contribution >= 0.6 is 11.8 Å². The van der Waals surface area contributed by atoms with Gasteiger partial charge >= 0.3 is 5.97 Å².